The minimum absolute atomic E-state index is 0.00796. The Kier molecular flexibility index (Phi) is 4.31. The molecular weight excluding hydrogens is 160 g/mol. The number of urea groups is 1. The summed E-state index contributed by atoms with van der Waals surface area (Å²) < 4.78 is 0. The van der Waals surface area contributed by atoms with Crippen LogP contribution in [0.25, 0.3) is 0 Å². The van der Waals surface area contributed by atoms with E-state index in [0.717, 1.165) is 4.90 Å². The Morgan fingerprint density at radius 3 is 2.58 bits per heavy atom. The van der Waals surface area contributed by atoms with E-state index in [4.69, 9.17) is 11.5 Å². The highest BCUT2D eigenvalue weighted by atomic mass is 16.4. The van der Waals surface area contributed by atoms with E-state index in [9.17, 15) is 9.59 Å². The topological polar surface area (TPSA) is 69.6 Å². The van der Waals surface area contributed by atoms with Gasteiger partial charge in [-0.2, -0.15) is 0 Å². The van der Waals surface area contributed by atoms with E-state index in [1.54, 1.807) is 0 Å². The summed E-state index contributed by atoms with van der Waals surface area (Å²) in [6.07, 6.45) is 4.93. The lowest BCUT2D eigenvalue weighted by Gasteiger charge is -2.16. The fraction of sp³-hybridized carbons (Fsp3) is 0.429. The number of terminal acetylenes is 1. The molecule has 0 unspecified atom stereocenters. The maximum Gasteiger partial charge on any atom is 0.323 e. The highest BCUT2D eigenvalue weighted by molar-refractivity contribution is 5.80. The summed E-state index contributed by atoms with van der Waals surface area (Å²) in [6.45, 7) is -0.393. The van der Waals surface area contributed by atoms with Gasteiger partial charge in [0, 0.05) is 7.05 Å². The first kappa shape index (κ1) is 10.3. The maximum atomic E-state index is 10.9. The average molecular weight is 170 g/mol. The smallest absolute Gasteiger partial charge is 0.323 e. The number of hydrogen-bond donors (Lipinski definition) is 2. The number of nitrogens with zero attached hydrogens (tertiary/aromatic N) is 1. The first-order chi connectivity index (χ1) is 5.61. The number of carbonyl (C=O) groups excluding carboxylic acids is 1. The van der Waals surface area contributed by atoms with E-state index in [1.165, 1.54) is 7.05 Å². The first-order valence-corrected chi connectivity index (χ1v) is 3.23. The molecule has 12 heavy (non-hydrogen) atoms. The molecule has 0 aliphatic carbocycles. The van der Waals surface area contributed by atoms with E-state index in [0.29, 0.717) is 0 Å². The summed E-state index contributed by atoms with van der Waals surface area (Å²) >= 11 is 0. The van der Waals surface area contributed by atoms with Crippen molar-refractivity contribution in [1.82, 2.24) is 10.2 Å². The zero-order valence-corrected chi connectivity index (χ0v) is 6.70. The number of carbonyl (C=O) groups is 2. The zero-order chi connectivity index (χ0) is 9.56. The molecule has 0 saturated carbocycles. The quantitative estimate of drug-likeness (QED) is 0.553. The molecule has 0 heterocycles. The Bertz CT molecular complexity index is 219. The Balaban J connectivity index is 4.14. The van der Waals surface area contributed by atoms with Gasteiger partial charge in [-0.15, -0.1) is 6.42 Å². The summed E-state index contributed by atoms with van der Waals surface area (Å²) in [4.78, 5) is 22.1. The molecule has 0 aliphatic heterocycles. The average Bonchev–Trinajstić information content (AvgIpc) is 2.01. The van der Waals surface area contributed by atoms with E-state index in [1.807, 2.05) is 0 Å². The van der Waals surface area contributed by atoms with Crippen LogP contribution in [0.5, 0.6) is 0 Å². The molecule has 0 saturated heterocycles. The van der Waals surface area contributed by atoms with Crippen molar-refractivity contribution in [3.63, 3.8) is 0 Å². The van der Waals surface area contributed by atoms with Crippen LogP contribution in [0.1, 0.15) is 0 Å². The molecule has 5 heteroatoms. The number of amides is 2. The Labute approximate surface area is 70.4 Å². The summed E-state index contributed by atoms with van der Waals surface area (Å²) in [7, 11) is 1.41. The van der Waals surface area contributed by atoms with Crippen molar-refractivity contribution < 1.29 is 14.7 Å². The monoisotopic (exact) mass is 170 g/mol. The van der Waals surface area contributed by atoms with Gasteiger partial charge in [0.1, 0.15) is 6.54 Å². The Hall–Kier alpha value is -1.70. The third-order valence-electron chi connectivity index (χ3n) is 1.11. The van der Waals surface area contributed by atoms with E-state index < -0.39 is 12.0 Å². The molecule has 0 spiro atoms. The van der Waals surface area contributed by atoms with Gasteiger partial charge >= 0.3 is 12.0 Å². The largest absolute Gasteiger partial charge is 0.480 e. The van der Waals surface area contributed by atoms with Gasteiger partial charge in [-0.25, -0.2) is 4.79 Å². The SMILES string of the molecule is C#CCN(CC(=O)O)C(=O)NC. The lowest BCUT2D eigenvalue weighted by atomic mass is 10.5. The van der Waals surface area contributed by atoms with Crippen LogP contribution in [-0.2, 0) is 4.79 Å². The van der Waals surface area contributed by atoms with Gasteiger partial charge < -0.3 is 15.3 Å². The molecule has 0 atom stereocenters. The van der Waals surface area contributed by atoms with E-state index >= 15 is 0 Å². The van der Waals surface area contributed by atoms with E-state index in [-0.39, 0.29) is 13.1 Å². The van der Waals surface area contributed by atoms with Crippen molar-refractivity contribution in [2.45, 2.75) is 0 Å². The number of hydrogen-bond acceptors (Lipinski definition) is 2. The summed E-state index contributed by atoms with van der Waals surface area (Å²) in [5, 5.41) is 10.6. The standard InChI is InChI=1S/C7H10N2O3/c1-3-4-9(5-6(10)11)7(12)8-2/h1H,4-5H2,2H3,(H,8,12)(H,10,11). The second-order valence-corrected chi connectivity index (χ2v) is 2.01. The minimum atomic E-state index is -1.09. The Morgan fingerprint density at radius 2 is 2.25 bits per heavy atom. The predicted molar refractivity (Wildman–Crippen MR) is 42.5 cm³/mol. The molecule has 0 rings (SSSR count). The lowest BCUT2D eigenvalue weighted by Crippen LogP contribution is -2.41. The number of rotatable bonds is 3. The van der Waals surface area contributed by atoms with Gasteiger partial charge in [0.15, 0.2) is 0 Å². The van der Waals surface area contributed by atoms with Crippen molar-refractivity contribution in [3.05, 3.63) is 0 Å². The van der Waals surface area contributed by atoms with Crippen LogP contribution in [0.4, 0.5) is 4.79 Å². The molecule has 5 nitrogen and oxygen atoms in total. The predicted octanol–water partition coefficient (Wildman–Crippen LogP) is -0.654. The van der Waals surface area contributed by atoms with Crippen LogP contribution in [0.2, 0.25) is 0 Å². The van der Waals surface area contributed by atoms with Crippen LogP contribution >= 0.6 is 0 Å². The number of carboxylic acid groups (broad SMARTS) is 1. The third kappa shape index (κ3) is 3.46. The second kappa shape index (κ2) is 5.02. The minimum Gasteiger partial charge on any atom is -0.480 e. The van der Waals surface area contributed by atoms with Crippen molar-refractivity contribution in [2.75, 3.05) is 20.1 Å². The van der Waals surface area contributed by atoms with Gasteiger partial charge in [-0.1, -0.05) is 5.92 Å². The molecule has 66 valence electrons. The number of aliphatic carboxylic acids is 1. The van der Waals surface area contributed by atoms with Crippen molar-refractivity contribution in [1.29, 1.82) is 0 Å². The molecular formula is C7H10N2O3. The van der Waals surface area contributed by atoms with Crippen molar-refractivity contribution in [2.24, 2.45) is 0 Å². The van der Waals surface area contributed by atoms with Gasteiger partial charge in [0.2, 0.25) is 0 Å². The Morgan fingerprint density at radius 1 is 1.67 bits per heavy atom. The fourth-order valence-electron chi connectivity index (χ4n) is 0.631. The molecule has 0 radical (unpaired) electrons. The molecule has 0 aliphatic rings. The zero-order valence-electron chi connectivity index (χ0n) is 6.70. The van der Waals surface area contributed by atoms with E-state index in [2.05, 4.69) is 11.2 Å². The number of carboxylic acids is 1. The normalized spacial score (nSPS) is 8.33. The molecule has 0 bridgehead atoms. The third-order valence-corrected chi connectivity index (χ3v) is 1.11. The van der Waals surface area contributed by atoms with Gasteiger partial charge in [0.25, 0.3) is 0 Å². The summed E-state index contributed by atoms with van der Waals surface area (Å²) in [5.41, 5.74) is 0. The highest BCUT2D eigenvalue weighted by Crippen LogP contribution is 1.87. The molecule has 0 aromatic rings. The lowest BCUT2D eigenvalue weighted by molar-refractivity contribution is -0.137. The molecule has 0 aromatic heterocycles. The number of nitrogens with one attached hydrogen (secondary N) is 1. The molecule has 0 fully saturated rings. The second-order valence-electron chi connectivity index (χ2n) is 2.01. The first-order valence-electron chi connectivity index (χ1n) is 3.23. The highest BCUT2D eigenvalue weighted by Gasteiger charge is 2.13. The van der Waals surface area contributed by atoms with Crippen LogP contribution in [-0.4, -0.2) is 42.1 Å². The van der Waals surface area contributed by atoms with Gasteiger partial charge in [-0.3, -0.25) is 4.79 Å². The van der Waals surface area contributed by atoms with Crippen LogP contribution in [0.15, 0.2) is 0 Å². The maximum absolute atomic E-state index is 10.9. The van der Waals surface area contributed by atoms with Crippen LogP contribution in [0, 0.1) is 12.3 Å². The van der Waals surface area contributed by atoms with Crippen molar-refractivity contribution in [3.8, 4) is 12.3 Å². The molecule has 2 N–H and O–H groups in total. The van der Waals surface area contributed by atoms with Crippen molar-refractivity contribution >= 4 is 12.0 Å². The molecule has 0 aromatic carbocycles. The summed E-state index contributed by atoms with van der Waals surface area (Å²) in [5.74, 6) is 1.10. The van der Waals surface area contributed by atoms with Crippen LogP contribution in [0.3, 0.4) is 0 Å². The molecule has 2 amide bonds. The summed E-state index contributed by atoms with van der Waals surface area (Å²) in [6, 6.07) is -0.490. The van der Waals surface area contributed by atoms with Crippen LogP contribution < -0.4 is 5.32 Å². The fourth-order valence-corrected chi connectivity index (χ4v) is 0.631. The van der Waals surface area contributed by atoms with Gasteiger partial charge in [-0.05, 0) is 0 Å². The van der Waals surface area contributed by atoms with Gasteiger partial charge in [0.05, 0.1) is 6.54 Å².